The molecule has 148 valence electrons. The van der Waals surface area contributed by atoms with Gasteiger partial charge in [0, 0.05) is 42.6 Å². The van der Waals surface area contributed by atoms with Crippen molar-refractivity contribution in [1.82, 2.24) is 9.80 Å². The summed E-state index contributed by atoms with van der Waals surface area (Å²) in [6, 6.07) is 10.9. The highest BCUT2D eigenvalue weighted by atomic mass is 35.5. The van der Waals surface area contributed by atoms with E-state index in [4.69, 9.17) is 16.0 Å². The van der Waals surface area contributed by atoms with E-state index in [9.17, 15) is 9.59 Å². The van der Waals surface area contributed by atoms with Crippen LogP contribution in [-0.4, -0.2) is 60.2 Å². The molecule has 6 nitrogen and oxygen atoms in total. The van der Waals surface area contributed by atoms with Crippen LogP contribution in [0, 0.1) is 0 Å². The first-order chi connectivity index (χ1) is 13.6. The lowest BCUT2D eigenvalue weighted by Crippen LogP contribution is -2.43. The minimum absolute atomic E-state index is 0.00648. The Bertz CT molecular complexity index is 828. The molecule has 0 aliphatic carbocycles. The summed E-state index contributed by atoms with van der Waals surface area (Å²) in [4.78, 5) is 30.7. The monoisotopic (exact) mass is 419 g/mol. The predicted molar refractivity (Wildman–Crippen MR) is 111 cm³/mol. The number of hydrogen-bond acceptors (Lipinski definition) is 4. The number of amides is 3. The molecule has 2 aliphatic rings. The van der Waals surface area contributed by atoms with Gasteiger partial charge < -0.3 is 14.2 Å². The maximum Gasteiger partial charge on any atom is 0.325 e. The van der Waals surface area contributed by atoms with E-state index in [1.54, 1.807) is 28.2 Å². The fourth-order valence-electron chi connectivity index (χ4n) is 3.57. The Morgan fingerprint density at radius 1 is 1.14 bits per heavy atom. The van der Waals surface area contributed by atoms with Crippen molar-refractivity contribution < 1.29 is 14.0 Å². The van der Waals surface area contributed by atoms with Crippen LogP contribution in [0.3, 0.4) is 0 Å². The van der Waals surface area contributed by atoms with Crippen molar-refractivity contribution in [2.24, 2.45) is 0 Å². The van der Waals surface area contributed by atoms with Crippen LogP contribution in [-0.2, 0) is 4.79 Å². The van der Waals surface area contributed by atoms with Crippen molar-refractivity contribution in [3.8, 4) is 0 Å². The summed E-state index contributed by atoms with van der Waals surface area (Å²) in [5, 5.41) is 0.913. The average Bonchev–Trinajstić information content (AvgIpc) is 3.27. The molecule has 2 aromatic rings. The lowest BCUT2D eigenvalue weighted by molar-refractivity contribution is -0.131. The average molecular weight is 420 g/mol. The zero-order valence-electron chi connectivity index (χ0n) is 15.4. The minimum atomic E-state index is -0.131. The van der Waals surface area contributed by atoms with Crippen molar-refractivity contribution >= 4 is 41.0 Å². The first-order valence-electron chi connectivity index (χ1n) is 9.36. The molecule has 0 spiro atoms. The minimum Gasteiger partial charge on any atom is -0.468 e. The third kappa shape index (κ3) is 4.15. The molecule has 1 aromatic heterocycles. The van der Waals surface area contributed by atoms with Crippen molar-refractivity contribution in [3.05, 3.63) is 53.4 Å². The topological polar surface area (TPSA) is 57.0 Å². The number of furan rings is 1. The number of rotatable bonds is 4. The van der Waals surface area contributed by atoms with Gasteiger partial charge in [-0.1, -0.05) is 11.6 Å². The number of carbonyl (C=O) groups is 2. The molecule has 1 atom stereocenters. The molecule has 4 rings (SSSR count). The summed E-state index contributed by atoms with van der Waals surface area (Å²) >= 11 is 7.74. The highest BCUT2D eigenvalue weighted by Gasteiger charge is 2.32. The molecular weight excluding hydrogens is 398 g/mol. The molecule has 8 heteroatoms. The van der Waals surface area contributed by atoms with Crippen LogP contribution in [0.4, 0.5) is 10.5 Å². The maximum absolute atomic E-state index is 12.8. The van der Waals surface area contributed by atoms with E-state index >= 15 is 0 Å². The molecule has 28 heavy (non-hydrogen) atoms. The quantitative estimate of drug-likeness (QED) is 0.754. The second kappa shape index (κ2) is 8.49. The Morgan fingerprint density at radius 3 is 2.71 bits per heavy atom. The van der Waals surface area contributed by atoms with Crippen LogP contribution in [0.15, 0.2) is 47.1 Å². The maximum atomic E-state index is 12.8. The largest absolute Gasteiger partial charge is 0.468 e. The van der Waals surface area contributed by atoms with E-state index in [0.717, 1.165) is 23.6 Å². The van der Waals surface area contributed by atoms with Gasteiger partial charge >= 0.3 is 6.03 Å². The summed E-state index contributed by atoms with van der Waals surface area (Å²) in [7, 11) is 0. The van der Waals surface area contributed by atoms with Crippen LogP contribution in [0.5, 0.6) is 0 Å². The molecule has 2 fully saturated rings. The van der Waals surface area contributed by atoms with Crippen molar-refractivity contribution in [2.75, 3.05) is 43.4 Å². The van der Waals surface area contributed by atoms with E-state index in [1.165, 1.54) is 0 Å². The number of nitrogens with zero attached hydrogens (tertiary/aromatic N) is 3. The molecule has 0 N–H and O–H groups in total. The SMILES string of the molecule is O=C(CN1CCN(c2ccc(Cl)cc2)C1=O)N1CCSC(c2ccco2)CC1. The van der Waals surface area contributed by atoms with Crippen LogP contribution in [0.1, 0.15) is 17.4 Å². The molecule has 0 saturated carbocycles. The number of urea groups is 1. The zero-order chi connectivity index (χ0) is 19.5. The van der Waals surface area contributed by atoms with Crippen LogP contribution in [0.2, 0.25) is 5.02 Å². The van der Waals surface area contributed by atoms with Crippen LogP contribution >= 0.6 is 23.4 Å². The lowest BCUT2D eigenvalue weighted by atomic mass is 10.2. The number of hydrogen-bond donors (Lipinski definition) is 0. The summed E-state index contributed by atoms with van der Waals surface area (Å²) in [5.74, 6) is 1.83. The van der Waals surface area contributed by atoms with Gasteiger partial charge in [-0.05, 0) is 42.8 Å². The molecule has 2 saturated heterocycles. The Morgan fingerprint density at radius 2 is 1.96 bits per heavy atom. The van der Waals surface area contributed by atoms with Gasteiger partial charge in [-0.3, -0.25) is 9.69 Å². The van der Waals surface area contributed by atoms with Gasteiger partial charge in [-0.2, -0.15) is 0 Å². The molecule has 0 bridgehead atoms. The number of thioether (sulfide) groups is 1. The predicted octanol–water partition coefficient (Wildman–Crippen LogP) is 3.88. The second-order valence-electron chi connectivity index (χ2n) is 6.88. The van der Waals surface area contributed by atoms with E-state index in [0.29, 0.717) is 31.2 Å². The van der Waals surface area contributed by atoms with E-state index in [-0.39, 0.29) is 23.7 Å². The molecule has 3 amide bonds. The van der Waals surface area contributed by atoms with Crippen molar-refractivity contribution in [3.63, 3.8) is 0 Å². The van der Waals surface area contributed by atoms with Gasteiger partial charge in [0.05, 0.1) is 11.5 Å². The van der Waals surface area contributed by atoms with E-state index in [1.807, 2.05) is 40.9 Å². The molecule has 1 aromatic carbocycles. The van der Waals surface area contributed by atoms with Crippen LogP contribution in [0.25, 0.3) is 0 Å². The third-order valence-electron chi connectivity index (χ3n) is 5.11. The first kappa shape index (κ1) is 19.2. The fourth-order valence-corrected chi connectivity index (χ4v) is 4.88. The van der Waals surface area contributed by atoms with Crippen molar-refractivity contribution in [1.29, 1.82) is 0 Å². The summed E-state index contributed by atoms with van der Waals surface area (Å²) in [5.41, 5.74) is 0.803. The number of benzene rings is 1. The Labute approximate surface area is 173 Å². The zero-order valence-corrected chi connectivity index (χ0v) is 17.0. The second-order valence-corrected chi connectivity index (χ2v) is 8.62. The van der Waals surface area contributed by atoms with Gasteiger partial charge in [-0.25, -0.2) is 4.79 Å². The molecule has 1 unspecified atom stereocenters. The number of carbonyl (C=O) groups excluding carboxylic acids is 2. The summed E-state index contributed by atoms with van der Waals surface area (Å²) in [6.07, 6.45) is 2.55. The standard InChI is InChI=1S/C20H22ClN3O3S/c21-15-3-5-16(6-4-15)24-10-9-23(20(24)26)14-19(25)22-8-7-18(28-13-11-22)17-2-1-12-27-17/h1-6,12,18H,7-11,13-14H2. The molecule has 3 heterocycles. The highest BCUT2D eigenvalue weighted by molar-refractivity contribution is 7.99. The number of anilines is 1. The molecule has 2 aliphatic heterocycles. The van der Waals surface area contributed by atoms with Gasteiger partial charge in [0.1, 0.15) is 12.3 Å². The Balaban J connectivity index is 1.33. The summed E-state index contributed by atoms with van der Waals surface area (Å²) in [6.45, 7) is 2.62. The fraction of sp³-hybridized carbons (Fsp3) is 0.400. The molecular formula is C20H22ClN3O3S. The Hall–Kier alpha value is -2.12. The highest BCUT2D eigenvalue weighted by Crippen LogP contribution is 2.34. The van der Waals surface area contributed by atoms with E-state index < -0.39 is 0 Å². The number of halogens is 1. The summed E-state index contributed by atoms with van der Waals surface area (Å²) < 4.78 is 5.52. The van der Waals surface area contributed by atoms with Gasteiger partial charge in [0.25, 0.3) is 0 Å². The lowest BCUT2D eigenvalue weighted by Gasteiger charge is -2.24. The van der Waals surface area contributed by atoms with Crippen LogP contribution < -0.4 is 4.90 Å². The van der Waals surface area contributed by atoms with Crippen molar-refractivity contribution in [2.45, 2.75) is 11.7 Å². The van der Waals surface area contributed by atoms with Gasteiger partial charge in [0.2, 0.25) is 5.91 Å². The van der Waals surface area contributed by atoms with E-state index in [2.05, 4.69) is 0 Å². The van der Waals surface area contributed by atoms with Gasteiger partial charge in [0.15, 0.2) is 0 Å². The smallest absolute Gasteiger partial charge is 0.325 e. The first-order valence-corrected chi connectivity index (χ1v) is 10.8. The van der Waals surface area contributed by atoms with Gasteiger partial charge in [-0.15, -0.1) is 11.8 Å². The third-order valence-corrected chi connectivity index (χ3v) is 6.65. The normalized spacial score (nSPS) is 20.5. The molecule has 0 radical (unpaired) electrons. The Kier molecular flexibility index (Phi) is 5.82.